The summed E-state index contributed by atoms with van der Waals surface area (Å²) in [4.78, 5) is 2.57. The molecule has 100 valence electrons. The highest BCUT2D eigenvalue weighted by Gasteiger charge is 2.22. The van der Waals surface area contributed by atoms with Crippen molar-refractivity contribution in [3.05, 3.63) is 71.3 Å². The molecule has 2 heteroatoms. The fraction of sp³-hybridized carbons (Fsp3) is 0.294. The second kappa shape index (κ2) is 6.36. The zero-order chi connectivity index (χ0) is 12.4. The van der Waals surface area contributed by atoms with E-state index in [1.54, 1.807) is 0 Å². The smallest absolute Gasteiger partial charge is 0.0326 e. The molecule has 0 saturated carbocycles. The minimum Gasteiger partial charge on any atom is -0.292 e. The molecule has 19 heavy (non-hydrogen) atoms. The minimum absolute atomic E-state index is 0. The van der Waals surface area contributed by atoms with Crippen LogP contribution in [0.5, 0.6) is 0 Å². The maximum atomic E-state index is 2.57. The van der Waals surface area contributed by atoms with Crippen LogP contribution in [0, 0.1) is 0 Å². The summed E-state index contributed by atoms with van der Waals surface area (Å²) in [6.45, 7) is 4.53. The van der Waals surface area contributed by atoms with Crippen LogP contribution in [0.3, 0.4) is 0 Å². The van der Waals surface area contributed by atoms with Gasteiger partial charge in [0.15, 0.2) is 0 Å². The van der Waals surface area contributed by atoms with Crippen LogP contribution in [-0.4, -0.2) is 11.4 Å². The van der Waals surface area contributed by atoms with Crippen molar-refractivity contribution in [3.63, 3.8) is 0 Å². The topological polar surface area (TPSA) is 3.24 Å². The average molecular weight is 318 g/mol. The Labute approximate surface area is 126 Å². The highest BCUT2D eigenvalue weighted by atomic mass is 79.9. The van der Waals surface area contributed by atoms with E-state index in [2.05, 4.69) is 66.4 Å². The molecule has 2 aromatic carbocycles. The van der Waals surface area contributed by atoms with Gasteiger partial charge in [-0.25, -0.2) is 0 Å². The number of halogens is 1. The average Bonchev–Trinajstić information content (AvgIpc) is 2.43. The summed E-state index contributed by atoms with van der Waals surface area (Å²) in [6.07, 6.45) is 1.17. The predicted octanol–water partition coefficient (Wildman–Crippen LogP) is 4.38. The molecule has 1 aliphatic heterocycles. The van der Waals surface area contributed by atoms with Gasteiger partial charge in [-0.15, -0.1) is 17.0 Å². The maximum absolute atomic E-state index is 2.57. The van der Waals surface area contributed by atoms with Gasteiger partial charge in [-0.1, -0.05) is 54.6 Å². The van der Waals surface area contributed by atoms with Crippen LogP contribution in [0.4, 0.5) is 0 Å². The summed E-state index contributed by atoms with van der Waals surface area (Å²) in [6, 6.07) is 20.1. The van der Waals surface area contributed by atoms with E-state index in [9.17, 15) is 0 Å². The second-order valence-electron chi connectivity index (χ2n) is 5.08. The Hall–Kier alpha value is -1.12. The molecule has 1 atom stereocenters. The van der Waals surface area contributed by atoms with Crippen molar-refractivity contribution >= 4 is 17.0 Å². The molecule has 0 radical (unpaired) electrons. The molecular weight excluding hydrogens is 298 g/mol. The summed E-state index contributed by atoms with van der Waals surface area (Å²) < 4.78 is 0. The molecular formula is C17H20BrN. The van der Waals surface area contributed by atoms with E-state index in [1.807, 2.05) is 0 Å². The first-order valence-electron chi connectivity index (χ1n) is 6.70. The van der Waals surface area contributed by atoms with Crippen LogP contribution >= 0.6 is 17.0 Å². The normalized spacial score (nSPS) is 18.5. The van der Waals surface area contributed by atoms with Gasteiger partial charge in [0.05, 0.1) is 0 Å². The van der Waals surface area contributed by atoms with Crippen molar-refractivity contribution in [1.82, 2.24) is 4.90 Å². The quantitative estimate of drug-likeness (QED) is 0.794. The maximum Gasteiger partial charge on any atom is 0.0326 e. The van der Waals surface area contributed by atoms with Gasteiger partial charge in [-0.05, 0) is 30.0 Å². The molecule has 2 aromatic rings. The number of hydrogen-bond acceptors (Lipinski definition) is 1. The first kappa shape index (κ1) is 14.3. The van der Waals surface area contributed by atoms with Crippen molar-refractivity contribution in [2.45, 2.75) is 25.9 Å². The standard InChI is InChI=1S/C17H19N.BrH/c1-14-17-10-6-5-9-16(17)11-12-18(14)13-15-7-3-2-4-8-15;/h2-10,14H,11-13H2,1H3;1H. The van der Waals surface area contributed by atoms with Gasteiger partial charge in [0.1, 0.15) is 0 Å². The fourth-order valence-corrected chi connectivity index (χ4v) is 2.86. The highest BCUT2D eigenvalue weighted by Crippen LogP contribution is 2.30. The minimum atomic E-state index is 0. The van der Waals surface area contributed by atoms with Crippen LogP contribution in [0.2, 0.25) is 0 Å². The van der Waals surface area contributed by atoms with Crippen LogP contribution in [-0.2, 0) is 13.0 Å². The lowest BCUT2D eigenvalue weighted by Gasteiger charge is -2.35. The Kier molecular flexibility index (Phi) is 4.78. The van der Waals surface area contributed by atoms with E-state index in [-0.39, 0.29) is 17.0 Å². The van der Waals surface area contributed by atoms with Gasteiger partial charge in [0, 0.05) is 19.1 Å². The molecule has 0 fully saturated rings. The zero-order valence-electron chi connectivity index (χ0n) is 11.3. The van der Waals surface area contributed by atoms with Crippen LogP contribution < -0.4 is 0 Å². The van der Waals surface area contributed by atoms with E-state index < -0.39 is 0 Å². The largest absolute Gasteiger partial charge is 0.292 e. The Morgan fingerprint density at radius 1 is 1.00 bits per heavy atom. The molecule has 0 spiro atoms. The van der Waals surface area contributed by atoms with Crippen molar-refractivity contribution in [2.75, 3.05) is 6.54 Å². The number of hydrogen-bond donors (Lipinski definition) is 0. The molecule has 0 bridgehead atoms. The molecule has 1 nitrogen and oxygen atoms in total. The third kappa shape index (κ3) is 3.07. The second-order valence-corrected chi connectivity index (χ2v) is 5.08. The molecule has 0 N–H and O–H groups in total. The van der Waals surface area contributed by atoms with Crippen molar-refractivity contribution in [3.8, 4) is 0 Å². The third-order valence-electron chi connectivity index (χ3n) is 3.95. The van der Waals surface area contributed by atoms with Gasteiger partial charge in [0.2, 0.25) is 0 Å². The Balaban J connectivity index is 0.00000133. The first-order valence-corrected chi connectivity index (χ1v) is 6.70. The van der Waals surface area contributed by atoms with Gasteiger partial charge in [0.25, 0.3) is 0 Å². The van der Waals surface area contributed by atoms with Gasteiger partial charge < -0.3 is 0 Å². The molecule has 0 amide bonds. The lowest BCUT2D eigenvalue weighted by atomic mass is 9.93. The zero-order valence-corrected chi connectivity index (χ0v) is 13.0. The molecule has 1 unspecified atom stereocenters. The summed E-state index contributed by atoms with van der Waals surface area (Å²) in [5, 5.41) is 0. The Morgan fingerprint density at radius 3 is 2.47 bits per heavy atom. The number of nitrogens with zero attached hydrogens (tertiary/aromatic N) is 1. The van der Waals surface area contributed by atoms with Crippen LogP contribution in [0.25, 0.3) is 0 Å². The van der Waals surface area contributed by atoms with E-state index in [0.717, 1.165) is 13.1 Å². The molecule has 0 saturated heterocycles. The van der Waals surface area contributed by atoms with E-state index in [1.165, 1.54) is 23.1 Å². The Morgan fingerprint density at radius 2 is 1.68 bits per heavy atom. The first-order chi connectivity index (χ1) is 8.84. The number of benzene rings is 2. The van der Waals surface area contributed by atoms with Crippen molar-refractivity contribution < 1.29 is 0 Å². The van der Waals surface area contributed by atoms with Crippen molar-refractivity contribution in [2.24, 2.45) is 0 Å². The molecule has 3 rings (SSSR count). The van der Waals surface area contributed by atoms with Gasteiger partial charge in [-0.2, -0.15) is 0 Å². The fourth-order valence-electron chi connectivity index (χ4n) is 2.86. The number of fused-ring (bicyclic) bond motifs is 1. The summed E-state index contributed by atoms with van der Waals surface area (Å²) >= 11 is 0. The third-order valence-corrected chi connectivity index (χ3v) is 3.95. The lowest BCUT2D eigenvalue weighted by molar-refractivity contribution is 0.189. The molecule has 1 heterocycles. The monoisotopic (exact) mass is 317 g/mol. The number of rotatable bonds is 2. The SMILES string of the molecule is Br.CC1c2ccccc2CCN1Cc1ccccc1. The van der Waals surface area contributed by atoms with E-state index in [0.29, 0.717) is 6.04 Å². The Bertz CT molecular complexity index is 524. The molecule has 0 aliphatic carbocycles. The van der Waals surface area contributed by atoms with Crippen LogP contribution in [0.15, 0.2) is 54.6 Å². The summed E-state index contributed by atoms with van der Waals surface area (Å²) in [5.41, 5.74) is 4.43. The molecule has 0 aromatic heterocycles. The van der Waals surface area contributed by atoms with E-state index in [4.69, 9.17) is 0 Å². The van der Waals surface area contributed by atoms with E-state index >= 15 is 0 Å². The molecule has 1 aliphatic rings. The van der Waals surface area contributed by atoms with Gasteiger partial charge in [-0.3, -0.25) is 4.90 Å². The summed E-state index contributed by atoms with van der Waals surface area (Å²) in [5.74, 6) is 0. The van der Waals surface area contributed by atoms with Crippen molar-refractivity contribution in [1.29, 1.82) is 0 Å². The highest BCUT2D eigenvalue weighted by molar-refractivity contribution is 8.93. The predicted molar refractivity (Wildman–Crippen MR) is 85.7 cm³/mol. The van der Waals surface area contributed by atoms with Crippen LogP contribution in [0.1, 0.15) is 29.7 Å². The van der Waals surface area contributed by atoms with Gasteiger partial charge >= 0.3 is 0 Å². The lowest BCUT2D eigenvalue weighted by Crippen LogP contribution is -2.33. The summed E-state index contributed by atoms with van der Waals surface area (Å²) in [7, 11) is 0.